The summed E-state index contributed by atoms with van der Waals surface area (Å²) in [5.41, 5.74) is 0. The van der Waals surface area contributed by atoms with Crippen LogP contribution in [0.3, 0.4) is 0 Å². The Balaban J connectivity index is 3.94. The number of carbonyl (C=O) groups is 3. The van der Waals surface area contributed by atoms with E-state index in [0.29, 0.717) is 19.3 Å². The molecule has 0 saturated carbocycles. The Kier molecular flexibility index (Phi) is 67.0. The molecule has 0 aromatic carbocycles. The topological polar surface area (TPSA) is 78.9 Å². The highest BCUT2D eigenvalue weighted by molar-refractivity contribution is 5.71. The predicted molar refractivity (Wildman–Crippen MR) is 344 cm³/mol. The maximum atomic E-state index is 12.9. The molecule has 0 aliphatic carbocycles. The Bertz CT molecular complexity index is 1230. The van der Waals surface area contributed by atoms with Crippen LogP contribution >= 0.6 is 0 Å². The predicted octanol–water partition coefficient (Wildman–Crippen LogP) is 24.8. The molecule has 6 heteroatoms. The van der Waals surface area contributed by atoms with Crippen molar-refractivity contribution in [3.8, 4) is 0 Å². The summed E-state index contributed by atoms with van der Waals surface area (Å²) in [6.07, 6.45) is 83.0. The van der Waals surface area contributed by atoms with Crippen molar-refractivity contribution in [2.75, 3.05) is 13.2 Å². The lowest BCUT2D eigenvalue weighted by molar-refractivity contribution is -0.167. The Hall–Kier alpha value is -1.85. The van der Waals surface area contributed by atoms with Crippen LogP contribution in [0.4, 0.5) is 0 Å². The minimum absolute atomic E-state index is 0.0635. The number of unbranched alkanes of at least 4 members (excludes halogenated alkanes) is 55. The van der Waals surface area contributed by atoms with Crippen LogP contribution in [0.5, 0.6) is 0 Å². The zero-order valence-electron chi connectivity index (χ0n) is 53.9. The van der Waals surface area contributed by atoms with Crippen molar-refractivity contribution in [1.29, 1.82) is 0 Å². The maximum absolute atomic E-state index is 12.9. The van der Waals surface area contributed by atoms with Gasteiger partial charge in [0.15, 0.2) is 6.10 Å². The molecule has 1 unspecified atom stereocenters. The third-order valence-corrected chi connectivity index (χ3v) is 16.8. The first kappa shape index (κ1) is 77.2. The van der Waals surface area contributed by atoms with E-state index in [1.807, 2.05) is 0 Å². The lowest BCUT2D eigenvalue weighted by atomic mass is 10.0. The van der Waals surface area contributed by atoms with Crippen LogP contribution in [0.25, 0.3) is 0 Å². The molecule has 1 atom stereocenters. The van der Waals surface area contributed by atoms with Crippen molar-refractivity contribution < 1.29 is 28.6 Å². The van der Waals surface area contributed by atoms with Gasteiger partial charge < -0.3 is 14.2 Å². The van der Waals surface area contributed by atoms with E-state index >= 15 is 0 Å². The summed E-state index contributed by atoms with van der Waals surface area (Å²) < 4.78 is 16.9. The van der Waals surface area contributed by atoms with Crippen LogP contribution in [-0.2, 0) is 28.6 Å². The molecule has 0 rings (SSSR count). The Morgan fingerprint density at radius 2 is 0.418 bits per heavy atom. The Morgan fingerprint density at radius 3 is 0.633 bits per heavy atom. The minimum atomic E-state index is -0.764. The van der Waals surface area contributed by atoms with Gasteiger partial charge in [-0.1, -0.05) is 367 Å². The fourth-order valence-electron chi connectivity index (χ4n) is 11.3. The molecular formula is C73H140O6. The molecule has 0 saturated heterocycles. The van der Waals surface area contributed by atoms with E-state index in [9.17, 15) is 14.4 Å². The van der Waals surface area contributed by atoms with Crippen LogP contribution in [0.2, 0.25) is 0 Å². The van der Waals surface area contributed by atoms with E-state index in [2.05, 4.69) is 32.9 Å². The molecule has 0 spiro atoms. The number of allylic oxidation sites excluding steroid dienone is 2. The highest BCUT2D eigenvalue weighted by atomic mass is 16.6. The van der Waals surface area contributed by atoms with Crippen LogP contribution in [0.1, 0.15) is 419 Å². The third kappa shape index (κ3) is 66.8. The van der Waals surface area contributed by atoms with Crippen LogP contribution in [0.15, 0.2) is 12.2 Å². The number of ether oxygens (including phenoxy) is 3. The van der Waals surface area contributed by atoms with Gasteiger partial charge in [0.05, 0.1) is 0 Å². The molecule has 0 heterocycles. The molecule has 0 fully saturated rings. The number of esters is 3. The van der Waals surface area contributed by atoms with Crippen molar-refractivity contribution in [3.05, 3.63) is 12.2 Å². The second-order valence-corrected chi connectivity index (χ2v) is 24.9. The SMILES string of the molecule is CCCCCCCCCC/C=C\CCCCCCCCCCCCCCCCCC(=O)OC(COC(=O)CCCCCCCC)COC(=O)CCCCCCCCCCCCCCCCCCCCCCCCCCCCCC. The largest absolute Gasteiger partial charge is 0.462 e. The first-order chi connectivity index (χ1) is 39.0. The van der Waals surface area contributed by atoms with Gasteiger partial charge in [-0.3, -0.25) is 14.4 Å². The zero-order valence-corrected chi connectivity index (χ0v) is 53.9. The molecule has 0 amide bonds. The van der Waals surface area contributed by atoms with Crippen molar-refractivity contribution in [3.63, 3.8) is 0 Å². The maximum Gasteiger partial charge on any atom is 0.306 e. The van der Waals surface area contributed by atoms with Gasteiger partial charge in [-0.05, 0) is 44.9 Å². The van der Waals surface area contributed by atoms with Crippen LogP contribution < -0.4 is 0 Å². The van der Waals surface area contributed by atoms with Gasteiger partial charge in [0, 0.05) is 19.3 Å². The highest BCUT2D eigenvalue weighted by Gasteiger charge is 2.19. The van der Waals surface area contributed by atoms with Gasteiger partial charge in [-0.25, -0.2) is 0 Å². The average Bonchev–Trinajstić information content (AvgIpc) is 3.45. The molecule has 0 aliphatic rings. The number of carbonyl (C=O) groups excluding carboxylic acids is 3. The number of hydrogen-bond donors (Lipinski definition) is 0. The van der Waals surface area contributed by atoms with Crippen molar-refractivity contribution >= 4 is 17.9 Å². The number of rotatable bonds is 68. The Labute approximate surface area is 494 Å². The zero-order chi connectivity index (χ0) is 57.1. The summed E-state index contributed by atoms with van der Waals surface area (Å²) in [5.74, 6) is -0.842. The van der Waals surface area contributed by atoms with E-state index < -0.39 is 6.10 Å². The average molecular weight is 1110 g/mol. The second kappa shape index (κ2) is 68.6. The van der Waals surface area contributed by atoms with E-state index in [0.717, 1.165) is 57.8 Å². The molecule has 468 valence electrons. The van der Waals surface area contributed by atoms with Gasteiger partial charge in [-0.2, -0.15) is 0 Å². The van der Waals surface area contributed by atoms with E-state index in [4.69, 9.17) is 14.2 Å². The van der Waals surface area contributed by atoms with Gasteiger partial charge in [0.2, 0.25) is 0 Å². The van der Waals surface area contributed by atoms with Gasteiger partial charge in [0.25, 0.3) is 0 Å². The summed E-state index contributed by atoms with van der Waals surface area (Å²) >= 11 is 0. The fourth-order valence-corrected chi connectivity index (χ4v) is 11.3. The second-order valence-electron chi connectivity index (χ2n) is 24.9. The van der Waals surface area contributed by atoms with Crippen molar-refractivity contribution in [2.45, 2.75) is 425 Å². The van der Waals surface area contributed by atoms with Crippen molar-refractivity contribution in [1.82, 2.24) is 0 Å². The lowest BCUT2D eigenvalue weighted by Crippen LogP contribution is -2.30. The van der Waals surface area contributed by atoms with Gasteiger partial charge in [0.1, 0.15) is 13.2 Å². The molecule has 0 aromatic heterocycles. The van der Waals surface area contributed by atoms with Crippen LogP contribution in [0, 0.1) is 0 Å². The van der Waals surface area contributed by atoms with E-state index in [1.165, 1.54) is 321 Å². The van der Waals surface area contributed by atoms with E-state index in [1.54, 1.807) is 0 Å². The monoisotopic (exact) mass is 1110 g/mol. The molecule has 0 bridgehead atoms. The van der Waals surface area contributed by atoms with Gasteiger partial charge >= 0.3 is 17.9 Å². The summed E-state index contributed by atoms with van der Waals surface area (Å²) in [6, 6.07) is 0. The summed E-state index contributed by atoms with van der Waals surface area (Å²) in [7, 11) is 0. The molecule has 0 radical (unpaired) electrons. The highest BCUT2D eigenvalue weighted by Crippen LogP contribution is 2.19. The van der Waals surface area contributed by atoms with Gasteiger partial charge in [-0.15, -0.1) is 0 Å². The molecular weight excluding hydrogens is 973 g/mol. The lowest BCUT2D eigenvalue weighted by Gasteiger charge is -2.18. The fraction of sp³-hybridized carbons (Fsp3) is 0.932. The first-order valence-corrected chi connectivity index (χ1v) is 36.2. The third-order valence-electron chi connectivity index (χ3n) is 16.8. The molecule has 0 N–H and O–H groups in total. The number of hydrogen-bond acceptors (Lipinski definition) is 6. The van der Waals surface area contributed by atoms with E-state index in [-0.39, 0.29) is 31.1 Å². The minimum Gasteiger partial charge on any atom is -0.462 e. The molecule has 6 nitrogen and oxygen atoms in total. The Morgan fingerprint density at radius 1 is 0.241 bits per heavy atom. The smallest absolute Gasteiger partial charge is 0.306 e. The standard InChI is InChI=1S/C73H140O6/c1-4-7-10-13-16-18-20-22-24-26-28-30-32-34-36-38-39-41-43-45-47-49-51-53-55-57-60-63-66-72(75)78-69-70(68-77-71(74)65-62-59-15-12-9-6-3)79-73(76)67-64-61-58-56-54-52-50-48-46-44-42-40-37-35-33-31-29-27-25-23-21-19-17-14-11-8-5-2/h27,29,70H,4-26,28,30-69H2,1-3H3/b29-27-. The summed E-state index contributed by atoms with van der Waals surface area (Å²) in [5, 5.41) is 0. The summed E-state index contributed by atoms with van der Waals surface area (Å²) in [6.45, 7) is 6.67. The first-order valence-electron chi connectivity index (χ1n) is 36.2. The molecule has 79 heavy (non-hydrogen) atoms. The molecule has 0 aromatic rings. The van der Waals surface area contributed by atoms with Crippen molar-refractivity contribution in [2.24, 2.45) is 0 Å². The summed E-state index contributed by atoms with van der Waals surface area (Å²) in [4.78, 5) is 38.1. The normalized spacial score (nSPS) is 12.0. The quantitative estimate of drug-likeness (QED) is 0.0261. The molecule has 0 aliphatic heterocycles. The van der Waals surface area contributed by atoms with Crippen LogP contribution in [-0.4, -0.2) is 37.2 Å².